The predicted molar refractivity (Wildman–Crippen MR) is 61.9 cm³/mol. The molecule has 1 amide bonds. The van der Waals surface area contributed by atoms with E-state index in [1.54, 1.807) is 0 Å². The van der Waals surface area contributed by atoms with Gasteiger partial charge in [-0.2, -0.15) is 0 Å². The first-order valence-electron chi connectivity index (χ1n) is 5.84. The van der Waals surface area contributed by atoms with E-state index in [4.69, 9.17) is 5.73 Å². The third-order valence-electron chi connectivity index (χ3n) is 3.63. The Morgan fingerprint density at radius 3 is 2.25 bits per heavy atom. The van der Waals surface area contributed by atoms with Gasteiger partial charge in [-0.1, -0.05) is 24.3 Å². The lowest BCUT2D eigenvalue weighted by Gasteiger charge is -2.26. The van der Waals surface area contributed by atoms with Crippen LogP contribution in [0.4, 0.5) is 0 Å². The van der Waals surface area contributed by atoms with E-state index in [2.05, 4.69) is 17.4 Å². The van der Waals surface area contributed by atoms with Crippen molar-refractivity contribution in [2.75, 3.05) is 0 Å². The fourth-order valence-corrected chi connectivity index (χ4v) is 2.58. The molecule has 0 aliphatic heterocycles. The molecule has 0 aromatic heterocycles. The fraction of sp³-hybridized carbons (Fsp3) is 0.462. The number of benzene rings is 1. The van der Waals surface area contributed by atoms with Gasteiger partial charge in [0.1, 0.15) is 5.54 Å². The Balaban J connectivity index is 1.91. The maximum atomic E-state index is 11.7. The van der Waals surface area contributed by atoms with E-state index < -0.39 is 5.54 Å². The minimum Gasteiger partial charge on any atom is -0.368 e. The highest BCUT2D eigenvalue weighted by molar-refractivity contribution is 5.86. The standard InChI is InChI=1S/C13H16N2O/c14-12(16)13(15-11-5-6-11)7-9-3-1-2-4-10(9)8-13/h1-4,11,15H,5-8H2,(H2,14,16). The topological polar surface area (TPSA) is 55.1 Å². The van der Waals surface area contributed by atoms with E-state index in [9.17, 15) is 4.79 Å². The molecule has 2 aliphatic carbocycles. The molecule has 0 radical (unpaired) electrons. The van der Waals surface area contributed by atoms with Crippen molar-refractivity contribution in [2.24, 2.45) is 5.73 Å². The highest BCUT2D eigenvalue weighted by Crippen LogP contribution is 2.33. The van der Waals surface area contributed by atoms with Gasteiger partial charge in [0.25, 0.3) is 0 Å². The second-order valence-electron chi connectivity index (χ2n) is 4.99. The Labute approximate surface area is 95.0 Å². The highest BCUT2D eigenvalue weighted by atomic mass is 16.1. The van der Waals surface area contributed by atoms with Crippen molar-refractivity contribution in [3.8, 4) is 0 Å². The monoisotopic (exact) mass is 216 g/mol. The maximum Gasteiger partial charge on any atom is 0.238 e. The molecular formula is C13H16N2O. The summed E-state index contributed by atoms with van der Waals surface area (Å²) in [5.74, 6) is -0.212. The third kappa shape index (κ3) is 1.52. The van der Waals surface area contributed by atoms with Gasteiger partial charge in [-0.3, -0.25) is 10.1 Å². The first-order chi connectivity index (χ1) is 7.70. The molecule has 3 nitrogen and oxygen atoms in total. The van der Waals surface area contributed by atoms with Crippen molar-refractivity contribution in [2.45, 2.75) is 37.3 Å². The number of carbonyl (C=O) groups is 1. The lowest BCUT2D eigenvalue weighted by molar-refractivity contribution is -0.124. The lowest BCUT2D eigenvalue weighted by Crippen LogP contribution is -2.57. The summed E-state index contributed by atoms with van der Waals surface area (Å²) in [6.07, 6.45) is 3.83. The summed E-state index contributed by atoms with van der Waals surface area (Å²) in [6.45, 7) is 0. The van der Waals surface area contributed by atoms with E-state index in [-0.39, 0.29) is 5.91 Å². The van der Waals surface area contributed by atoms with Crippen LogP contribution in [-0.4, -0.2) is 17.5 Å². The first kappa shape index (κ1) is 9.85. The van der Waals surface area contributed by atoms with E-state index in [0.717, 1.165) is 12.8 Å². The molecule has 2 aliphatic rings. The summed E-state index contributed by atoms with van der Waals surface area (Å²) in [5, 5.41) is 3.44. The molecular weight excluding hydrogens is 200 g/mol. The Morgan fingerprint density at radius 1 is 1.25 bits per heavy atom. The van der Waals surface area contributed by atoms with Crippen LogP contribution in [0.2, 0.25) is 0 Å². The average molecular weight is 216 g/mol. The molecule has 3 heteroatoms. The fourth-order valence-electron chi connectivity index (χ4n) is 2.58. The van der Waals surface area contributed by atoms with Crippen LogP contribution < -0.4 is 11.1 Å². The molecule has 0 saturated heterocycles. The molecule has 1 fully saturated rings. The van der Waals surface area contributed by atoms with Gasteiger partial charge in [0.05, 0.1) is 0 Å². The van der Waals surface area contributed by atoms with Gasteiger partial charge in [0.2, 0.25) is 5.91 Å². The van der Waals surface area contributed by atoms with Gasteiger partial charge in [0.15, 0.2) is 0 Å². The van der Waals surface area contributed by atoms with Crippen LogP contribution in [0.5, 0.6) is 0 Å². The summed E-state index contributed by atoms with van der Waals surface area (Å²) in [5.41, 5.74) is 7.58. The summed E-state index contributed by atoms with van der Waals surface area (Å²) in [6, 6.07) is 8.73. The van der Waals surface area contributed by atoms with E-state index >= 15 is 0 Å². The van der Waals surface area contributed by atoms with Gasteiger partial charge in [-0.15, -0.1) is 0 Å². The number of amides is 1. The van der Waals surface area contributed by atoms with Crippen LogP contribution in [0.15, 0.2) is 24.3 Å². The SMILES string of the molecule is NC(=O)C1(NC2CC2)Cc2ccccc2C1. The van der Waals surface area contributed by atoms with Gasteiger partial charge in [-0.05, 0) is 24.0 Å². The van der Waals surface area contributed by atoms with Crippen molar-refractivity contribution >= 4 is 5.91 Å². The molecule has 0 spiro atoms. The number of nitrogens with two attached hydrogens (primary N) is 1. The van der Waals surface area contributed by atoms with Gasteiger partial charge in [-0.25, -0.2) is 0 Å². The lowest BCUT2D eigenvalue weighted by atomic mass is 9.94. The number of nitrogens with one attached hydrogen (secondary N) is 1. The van der Waals surface area contributed by atoms with E-state index in [1.165, 1.54) is 24.0 Å². The van der Waals surface area contributed by atoms with E-state index in [0.29, 0.717) is 6.04 Å². The number of primary amides is 1. The van der Waals surface area contributed by atoms with Crippen LogP contribution in [0.3, 0.4) is 0 Å². The van der Waals surface area contributed by atoms with Crippen LogP contribution in [0, 0.1) is 0 Å². The van der Waals surface area contributed by atoms with Crippen LogP contribution >= 0.6 is 0 Å². The molecule has 0 unspecified atom stereocenters. The number of rotatable bonds is 3. The predicted octanol–water partition coefficient (Wildman–Crippen LogP) is 0.761. The number of hydrogen-bond donors (Lipinski definition) is 2. The smallest absolute Gasteiger partial charge is 0.238 e. The maximum absolute atomic E-state index is 11.7. The van der Waals surface area contributed by atoms with Crippen molar-refractivity contribution in [1.82, 2.24) is 5.32 Å². The summed E-state index contributed by atoms with van der Waals surface area (Å²) < 4.78 is 0. The first-order valence-corrected chi connectivity index (χ1v) is 5.84. The normalized spacial score (nSPS) is 21.8. The highest BCUT2D eigenvalue weighted by Gasteiger charge is 2.45. The van der Waals surface area contributed by atoms with Crippen molar-refractivity contribution in [3.05, 3.63) is 35.4 Å². The minimum absolute atomic E-state index is 0.212. The number of carbonyl (C=O) groups excluding carboxylic acids is 1. The largest absolute Gasteiger partial charge is 0.368 e. The molecule has 1 aromatic carbocycles. The van der Waals surface area contributed by atoms with Crippen molar-refractivity contribution < 1.29 is 4.79 Å². The third-order valence-corrected chi connectivity index (χ3v) is 3.63. The molecule has 84 valence electrons. The molecule has 0 bridgehead atoms. The Hall–Kier alpha value is -1.35. The Morgan fingerprint density at radius 2 is 1.81 bits per heavy atom. The summed E-state index contributed by atoms with van der Waals surface area (Å²) in [4.78, 5) is 11.7. The zero-order valence-electron chi connectivity index (χ0n) is 9.20. The second-order valence-corrected chi connectivity index (χ2v) is 4.99. The van der Waals surface area contributed by atoms with Crippen LogP contribution in [0.1, 0.15) is 24.0 Å². The quantitative estimate of drug-likeness (QED) is 0.783. The Bertz CT molecular complexity index is 412. The average Bonchev–Trinajstić information content (AvgIpc) is 2.97. The van der Waals surface area contributed by atoms with Crippen LogP contribution in [0.25, 0.3) is 0 Å². The van der Waals surface area contributed by atoms with Gasteiger partial charge >= 0.3 is 0 Å². The Kier molecular flexibility index (Phi) is 2.04. The molecule has 3 rings (SSSR count). The number of fused-ring (bicyclic) bond motifs is 1. The zero-order valence-corrected chi connectivity index (χ0v) is 9.20. The molecule has 1 aromatic rings. The minimum atomic E-state index is -0.523. The van der Waals surface area contributed by atoms with Crippen molar-refractivity contribution in [3.63, 3.8) is 0 Å². The van der Waals surface area contributed by atoms with Crippen LogP contribution in [-0.2, 0) is 17.6 Å². The molecule has 0 atom stereocenters. The van der Waals surface area contributed by atoms with Gasteiger partial charge in [0, 0.05) is 18.9 Å². The molecule has 3 N–H and O–H groups in total. The van der Waals surface area contributed by atoms with E-state index in [1.807, 2.05) is 12.1 Å². The molecule has 16 heavy (non-hydrogen) atoms. The molecule has 0 heterocycles. The summed E-state index contributed by atoms with van der Waals surface area (Å²) in [7, 11) is 0. The number of hydrogen-bond acceptors (Lipinski definition) is 2. The summed E-state index contributed by atoms with van der Waals surface area (Å²) >= 11 is 0. The zero-order chi connectivity index (χ0) is 11.2. The van der Waals surface area contributed by atoms with Crippen molar-refractivity contribution in [1.29, 1.82) is 0 Å². The second kappa shape index (κ2) is 3.32. The van der Waals surface area contributed by atoms with Gasteiger partial charge < -0.3 is 5.73 Å². The molecule has 1 saturated carbocycles.